The van der Waals surface area contributed by atoms with Crippen molar-refractivity contribution in [2.24, 2.45) is 5.92 Å². The van der Waals surface area contributed by atoms with Crippen LogP contribution in [0.5, 0.6) is 0 Å². The Bertz CT molecular complexity index is 455. The largest absolute Gasteiger partial charge is 0.352 e. The van der Waals surface area contributed by atoms with Gasteiger partial charge in [0.1, 0.15) is 0 Å². The van der Waals surface area contributed by atoms with Gasteiger partial charge in [0, 0.05) is 28.1 Å². The molecule has 1 amide bonds. The molecule has 5 heteroatoms. The summed E-state index contributed by atoms with van der Waals surface area (Å²) in [4.78, 5) is 14.6. The van der Waals surface area contributed by atoms with Gasteiger partial charge in [-0.15, -0.1) is 0 Å². The third-order valence-electron chi connectivity index (χ3n) is 3.50. The molecule has 1 aliphatic rings. The Morgan fingerprint density at radius 3 is 2.75 bits per heavy atom. The molecule has 0 saturated carbocycles. The number of carbonyl (C=O) groups is 1. The number of nitrogens with one attached hydrogen (secondary N) is 1. The van der Waals surface area contributed by atoms with Crippen LogP contribution in [-0.2, 0) is 0 Å². The van der Waals surface area contributed by atoms with Gasteiger partial charge in [0.05, 0.1) is 0 Å². The average Bonchev–Trinajstić information content (AvgIpc) is 2.87. The Kier molecular flexibility index (Phi) is 5.87. The van der Waals surface area contributed by atoms with Crippen LogP contribution >= 0.6 is 27.5 Å². The minimum atomic E-state index is -0.0681. The van der Waals surface area contributed by atoms with Gasteiger partial charge in [-0.25, -0.2) is 0 Å². The lowest BCUT2D eigenvalue weighted by molar-refractivity contribution is 0.0945. The van der Waals surface area contributed by atoms with E-state index in [1.807, 2.05) is 0 Å². The molecule has 0 aliphatic carbocycles. The highest BCUT2D eigenvalue weighted by atomic mass is 79.9. The summed E-state index contributed by atoms with van der Waals surface area (Å²) in [5.41, 5.74) is 0.595. The van der Waals surface area contributed by atoms with Gasteiger partial charge in [0.25, 0.3) is 5.91 Å². The second kappa shape index (κ2) is 7.43. The van der Waals surface area contributed by atoms with Crippen LogP contribution in [0.4, 0.5) is 0 Å². The fourth-order valence-corrected chi connectivity index (χ4v) is 3.38. The zero-order valence-electron chi connectivity index (χ0n) is 11.7. The van der Waals surface area contributed by atoms with E-state index in [4.69, 9.17) is 11.6 Å². The van der Waals surface area contributed by atoms with Crippen molar-refractivity contribution in [3.8, 4) is 0 Å². The molecule has 3 nitrogen and oxygen atoms in total. The topological polar surface area (TPSA) is 32.3 Å². The fraction of sp³-hybridized carbons (Fsp3) is 0.533. The number of halogens is 2. The number of hydrogen-bond donors (Lipinski definition) is 1. The normalized spacial score (nSPS) is 17.1. The van der Waals surface area contributed by atoms with Crippen molar-refractivity contribution < 1.29 is 4.79 Å². The van der Waals surface area contributed by atoms with E-state index in [2.05, 4.69) is 33.1 Å². The van der Waals surface area contributed by atoms with Crippen LogP contribution in [0.3, 0.4) is 0 Å². The molecule has 0 spiro atoms. The number of hydrogen-bond acceptors (Lipinski definition) is 2. The predicted octanol–water partition coefficient (Wildman–Crippen LogP) is 3.56. The number of likely N-dealkylation sites (tertiary alicyclic amines) is 1. The molecular formula is C15H20BrClN2O. The lowest BCUT2D eigenvalue weighted by Crippen LogP contribution is -2.34. The average molecular weight is 360 g/mol. The molecule has 1 atom stereocenters. The Morgan fingerprint density at radius 2 is 2.10 bits per heavy atom. The first-order valence-corrected chi connectivity index (χ1v) is 8.18. The summed E-state index contributed by atoms with van der Waals surface area (Å²) >= 11 is 9.30. The maximum absolute atomic E-state index is 12.1. The van der Waals surface area contributed by atoms with Crippen molar-refractivity contribution in [3.63, 3.8) is 0 Å². The Morgan fingerprint density at radius 1 is 1.40 bits per heavy atom. The molecule has 1 aliphatic heterocycles. The van der Waals surface area contributed by atoms with Crippen molar-refractivity contribution in [1.29, 1.82) is 0 Å². The highest BCUT2D eigenvalue weighted by Gasteiger charge is 2.15. The number of benzene rings is 1. The number of carbonyl (C=O) groups excluding carboxylic acids is 1. The molecule has 0 radical (unpaired) electrons. The molecule has 1 heterocycles. The Labute approximate surface area is 133 Å². The summed E-state index contributed by atoms with van der Waals surface area (Å²) in [6.45, 7) is 6.31. The summed E-state index contributed by atoms with van der Waals surface area (Å²) in [6, 6.07) is 5.24. The third kappa shape index (κ3) is 4.76. The van der Waals surface area contributed by atoms with Crippen LogP contribution in [0, 0.1) is 5.92 Å². The van der Waals surface area contributed by atoms with Crippen molar-refractivity contribution >= 4 is 33.4 Å². The predicted molar refractivity (Wildman–Crippen MR) is 86.3 cm³/mol. The van der Waals surface area contributed by atoms with Crippen LogP contribution in [0.1, 0.15) is 30.1 Å². The van der Waals surface area contributed by atoms with E-state index < -0.39 is 0 Å². The molecule has 1 saturated heterocycles. The van der Waals surface area contributed by atoms with Gasteiger partial charge in [-0.3, -0.25) is 4.79 Å². The monoisotopic (exact) mass is 358 g/mol. The van der Waals surface area contributed by atoms with Gasteiger partial charge in [0.2, 0.25) is 0 Å². The molecule has 1 aromatic carbocycles. The van der Waals surface area contributed by atoms with E-state index in [9.17, 15) is 4.79 Å². The van der Waals surface area contributed by atoms with Crippen LogP contribution in [-0.4, -0.2) is 37.0 Å². The van der Waals surface area contributed by atoms with Gasteiger partial charge >= 0.3 is 0 Å². The van der Waals surface area contributed by atoms with E-state index >= 15 is 0 Å². The summed E-state index contributed by atoms with van der Waals surface area (Å²) in [5, 5.41) is 3.55. The van der Waals surface area contributed by atoms with Gasteiger partial charge in [0.15, 0.2) is 0 Å². The smallest absolute Gasteiger partial charge is 0.251 e. The molecule has 0 aromatic heterocycles. The van der Waals surface area contributed by atoms with E-state index in [1.165, 1.54) is 25.9 Å². The molecular weight excluding hydrogens is 340 g/mol. The minimum absolute atomic E-state index is 0.0681. The Hall–Kier alpha value is -0.580. The quantitative estimate of drug-likeness (QED) is 0.872. The van der Waals surface area contributed by atoms with E-state index in [0.29, 0.717) is 23.0 Å². The summed E-state index contributed by atoms with van der Waals surface area (Å²) in [7, 11) is 0. The van der Waals surface area contributed by atoms with Crippen molar-refractivity contribution in [1.82, 2.24) is 10.2 Å². The van der Waals surface area contributed by atoms with Gasteiger partial charge < -0.3 is 10.2 Å². The zero-order chi connectivity index (χ0) is 14.5. The highest BCUT2D eigenvalue weighted by Crippen LogP contribution is 2.19. The number of amides is 1. The first kappa shape index (κ1) is 15.8. The van der Waals surface area contributed by atoms with Crippen LogP contribution in [0.25, 0.3) is 0 Å². The first-order valence-electron chi connectivity index (χ1n) is 7.01. The van der Waals surface area contributed by atoms with Gasteiger partial charge in [-0.2, -0.15) is 0 Å². The van der Waals surface area contributed by atoms with Crippen LogP contribution < -0.4 is 5.32 Å². The van der Waals surface area contributed by atoms with Crippen molar-refractivity contribution in [3.05, 3.63) is 33.3 Å². The van der Waals surface area contributed by atoms with E-state index in [-0.39, 0.29) is 5.91 Å². The van der Waals surface area contributed by atoms with Crippen LogP contribution in [0.15, 0.2) is 22.7 Å². The highest BCUT2D eigenvalue weighted by molar-refractivity contribution is 9.10. The fourth-order valence-electron chi connectivity index (χ4n) is 2.52. The molecule has 110 valence electrons. The molecule has 2 rings (SSSR count). The SMILES string of the molecule is CC(CNC(=O)c1cc(Cl)cc(Br)c1)CN1CCCC1. The minimum Gasteiger partial charge on any atom is -0.352 e. The molecule has 0 bridgehead atoms. The lowest BCUT2D eigenvalue weighted by atomic mass is 10.1. The van der Waals surface area contributed by atoms with Gasteiger partial charge in [-0.1, -0.05) is 34.5 Å². The standard InChI is InChI=1S/C15H20BrClN2O/c1-11(10-19-4-2-3-5-19)9-18-15(20)12-6-13(16)8-14(17)7-12/h6-8,11H,2-5,9-10H2,1H3,(H,18,20). The van der Waals surface area contributed by atoms with Crippen molar-refractivity contribution in [2.45, 2.75) is 19.8 Å². The van der Waals surface area contributed by atoms with Crippen LogP contribution in [0.2, 0.25) is 5.02 Å². The molecule has 1 fully saturated rings. The third-order valence-corrected chi connectivity index (χ3v) is 4.18. The maximum Gasteiger partial charge on any atom is 0.251 e. The molecule has 1 aromatic rings. The first-order chi connectivity index (χ1) is 9.54. The summed E-state index contributed by atoms with van der Waals surface area (Å²) in [5.74, 6) is 0.390. The molecule has 1 unspecified atom stereocenters. The number of nitrogens with zero attached hydrogens (tertiary/aromatic N) is 1. The van der Waals surface area contributed by atoms with E-state index in [1.54, 1.807) is 18.2 Å². The second-order valence-corrected chi connectivity index (χ2v) is 6.83. The number of rotatable bonds is 5. The molecule has 1 N–H and O–H groups in total. The lowest BCUT2D eigenvalue weighted by Gasteiger charge is -2.20. The second-order valence-electron chi connectivity index (χ2n) is 5.48. The Balaban J connectivity index is 1.81. The zero-order valence-corrected chi connectivity index (χ0v) is 14.0. The maximum atomic E-state index is 12.1. The van der Waals surface area contributed by atoms with E-state index in [0.717, 1.165) is 11.0 Å². The summed E-state index contributed by atoms with van der Waals surface area (Å²) in [6.07, 6.45) is 2.60. The van der Waals surface area contributed by atoms with Gasteiger partial charge in [-0.05, 0) is 50.0 Å². The van der Waals surface area contributed by atoms with Crippen molar-refractivity contribution in [2.75, 3.05) is 26.2 Å². The molecule has 20 heavy (non-hydrogen) atoms. The summed E-state index contributed by atoms with van der Waals surface area (Å²) < 4.78 is 0.820.